The number of fused-ring (bicyclic) bond motifs is 3. The van der Waals surface area contributed by atoms with Gasteiger partial charge in [-0.25, -0.2) is 0 Å². The molecular weight excluding hydrogens is 598 g/mol. The number of nitrogens with two attached hydrogens (primary N) is 1. The number of carbonyl (C=O) groups excluding carboxylic acids is 2. The maximum absolute atomic E-state index is 13.1. The third-order valence-corrected chi connectivity index (χ3v) is 8.33. The number of amides is 2. The van der Waals surface area contributed by atoms with Crippen molar-refractivity contribution in [2.24, 2.45) is 10.7 Å². The zero-order valence-electron chi connectivity index (χ0n) is 24.5. The van der Waals surface area contributed by atoms with Crippen LogP contribution in [-0.4, -0.2) is 51.9 Å². The van der Waals surface area contributed by atoms with Crippen LogP contribution in [0.25, 0.3) is 5.00 Å². The number of hydrogen-bond acceptors (Lipinski definition) is 8. The first-order valence-corrected chi connectivity index (χ1v) is 15.1. The number of halogens is 1. The van der Waals surface area contributed by atoms with E-state index < -0.39 is 11.9 Å². The van der Waals surface area contributed by atoms with Gasteiger partial charge in [0.15, 0.2) is 17.3 Å². The zero-order valence-corrected chi connectivity index (χ0v) is 26.0. The number of benzene rings is 1. The second-order valence-electron chi connectivity index (χ2n) is 9.93. The van der Waals surface area contributed by atoms with E-state index in [-0.39, 0.29) is 31.2 Å². The fourth-order valence-electron chi connectivity index (χ4n) is 4.61. The van der Waals surface area contributed by atoms with Crippen LogP contribution in [0.2, 0.25) is 5.02 Å². The third kappa shape index (κ3) is 6.76. The van der Waals surface area contributed by atoms with E-state index >= 15 is 0 Å². The van der Waals surface area contributed by atoms with Crippen molar-refractivity contribution in [1.29, 1.82) is 0 Å². The van der Waals surface area contributed by atoms with Crippen LogP contribution in [0, 0.1) is 44.5 Å². The fraction of sp³-hybridized carbons (Fsp3) is 0.281. The minimum Gasteiger partial charge on any atom is -0.443 e. The van der Waals surface area contributed by atoms with Crippen LogP contribution in [0.1, 0.15) is 68.4 Å². The highest BCUT2D eigenvalue weighted by Gasteiger charge is 2.32. The molecule has 0 radical (unpaired) electrons. The second kappa shape index (κ2) is 13.7. The molecule has 0 aliphatic carbocycles. The van der Waals surface area contributed by atoms with E-state index in [2.05, 4.69) is 58.4 Å². The van der Waals surface area contributed by atoms with Gasteiger partial charge in [0.2, 0.25) is 5.91 Å². The number of nitrogens with zero attached hydrogens (tertiary/aromatic N) is 4. The van der Waals surface area contributed by atoms with Gasteiger partial charge in [-0.3, -0.25) is 19.1 Å². The molecular formula is C32H30ClN7O3S. The molecule has 4 N–H and O–H groups in total. The Bertz CT molecular complexity index is 1860. The summed E-state index contributed by atoms with van der Waals surface area (Å²) in [6.07, 6.45) is 0.596. The van der Waals surface area contributed by atoms with Crippen molar-refractivity contribution in [3.05, 3.63) is 86.2 Å². The van der Waals surface area contributed by atoms with Crippen LogP contribution >= 0.6 is 22.9 Å². The summed E-state index contributed by atoms with van der Waals surface area (Å²) >= 11 is 7.83. The molecule has 4 aromatic rings. The summed E-state index contributed by atoms with van der Waals surface area (Å²) in [4.78, 5) is 31.6. The number of carbonyl (C=O) groups is 2. The summed E-state index contributed by atoms with van der Waals surface area (Å²) in [5.41, 5.74) is 9.22. The lowest BCUT2D eigenvalue weighted by Gasteiger charge is -2.12. The average Bonchev–Trinajstić information content (AvgIpc) is 3.69. The fourth-order valence-corrected chi connectivity index (χ4v) is 5.95. The number of thiophene rings is 1. The minimum absolute atomic E-state index is 0.0512. The van der Waals surface area contributed by atoms with Crippen molar-refractivity contribution in [3.63, 3.8) is 0 Å². The predicted molar refractivity (Wildman–Crippen MR) is 170 cm³/mol. The lowest BCUT2D eigenvalue weighted by Crippen LogP contribution is -2.26. The van der Waals surface area contributed by atoms with Gasteiger partial charge in [0.25, 0.3) is 5.91 Å². The number of furan rings is 1. The van der Waals surface area contributed by atoms with E-state index in [1.807, 2.05) is 35.8 Å². The summed E-state index contributed by atoms with van der Waals surface area (Å²) in [6, 6.07) is 10.1. The molecule has 3 aromatic heterocycles. The molecule has 44 heavy (non-hydrogen) atoms. The molecule has 1 atom stereocenters. The summed E-state index contributed by atoms with van der Waals surface area (Å²) in [5, 5.41) is 15.9. The first kappa shape index (κ1) is 30.8. The van der Waals surface area contributed by atoms with Crippen LogP contribution in [0.3, 0.4) is 0 Å². The minimum atomic E-state index is -0.577. The number of rotatable bonds is 7. The van der Waals surface area contributed by atoms with E-state index in [4.69, 9.17) is 26.7 Å². The largest absolute Gasteiger partial charge is 0.443 e. The topological polar surface area (TPSA) is 140 Å². The Labute approximate surface area is 264 Å². The van der Waals surface area contributed by atoms with Crippen molar-refractivity contribution in [3.8, 4) is 28.7 Å². The SMILES string of the molecule is Cc1sc2c(c1C)C(c1ccc(Cl)cc1)=N[C@@H](CC(=O)NCC#CCNC(=O)c1ccc(C#CCCN)o1)c1nnc(C)n1-2. The Morgan fingerprint density at radius 1 is 1.05 bits per heavy atom. The number of aromatic nitrogens is 3. The summed E-state index contributed by atoms with van der Waals surface area (Å²) in [7, 11) is 0. The van der Waals surface area contributed by atoms with Gasteiger partial charge in [0, 0.05) is 34.0 Å². The number of aliphatic imine (C=N–C) groups is 1. The third-order valence-electron chi connectivity index (χ3n) is 6.88. The van der Waals surface area contributed by atoms with Crippen molar-refractivity contribution in [1.82, 2.24) is 25.4 Å². The van der Waals surface area contributed by atoms with Gasteiger partial charge in [-0.1, -0.05) is 41.5 Å². The molecule has 0 saturated carbocycles. The quantitative estimate of drug-likeness (QED) is 0.264. The molecule has 4 heterocycles. The molecule has 0 spiro atoms. The van der Waals surface area contributed by atoms with Crippen LogP contribution in [0.15, 0.2) is 45.8 Å². The normalized spacial score (nSPS) is 13.3. The Kier molecular flexibility index (Phi) is 9.61. The molecule has 2 amide bonds. The molecule has 0 saturated heterocycles. The number of nitrogens with one attached hydrogen (secondary N) is 2. The molecule has 1 aliphatic rings. The van der Waals surface area contributed by atoms with Crippen LogP contribution in [0.5, 0.6) is 0 Å². The maximum Gasteiger partial charge on any atom is 0.287 e. The van der Waals surface area contributed by atoms with Crippen LogP contribution in [-0.2, 0) is 4.79 Å². The van der Waals surface area contributed by atoms with Crippen LogP contribution < -0.4 is 16.4 Å². The molecule has 1 aromatic carbocycles. The molecule has 224 valence electrons. The molecule has 0 unspecified atom stereocenters. The Balaban J connectivity index is 1.25. The standard InChI is InChI=1S/C32H30ClN7O3S/c1-19-20(2)44-32-28(19)29(22-9-11-23(33)12-10-22)37-25(30-39-38-21(3)40(30)32)18-27(41)35-16-6-7-17-36-31(42)26-14-13-24(43-26)8-4-5-15-34/h9-14,25H,5,15-18,34H2,1-3H3,(H,35,41)(H,36,42)/t25-/m0/s1. The van der Waals surface area contributed by atoms with Gasteiger partial charge in [-0.05, 0) is 56.5 Å². The monoisotopic (exact) mass is 627 g/mol. The average molecular weight is 628 g/mol. The van der Waals surface area contributed by atoms with Gasteiger partial charge >= 0.3 is 0 Å². The lowest BCUT2D eigenvalue weighted by molar-refractivity contribution is -0.121. The van der Waals surface area contributed by atoms with Crippen LogP contribution in [0.4, 0.5) is 0 Å². The Morgan fingerprint density at radius 3 is 2.55 bits per heavy atom. The van der Waals surface area contributed by atoms with E-state index in [0.29, 0.717) is 29.6 Å². The molecule has 10 nitrogen and oxygen atoms in total. The summed E-state index contributed by atoms with van der Waals surface area (Å²) in [5.74, 6) is 12.6. The zero-order chi connectivity index (χ0) is 31.2. The van der Waals surface area contributed by atoms with E-state index in [1.54, 1.807) is 23.5 Å². The van der Waals surface area contributed by atoms with E-state index in [0.717, 1.165) is 33.2 Å². The second-order valence-corrected chi connectivity index (χ2v) is 11.6. The van der Waals surface area contributed by atoms with E-state index in [1.165, 1.54) is 4.88 Å². The predicted octanol–water partition coefficient (Wildman–Crippen LogP) is 4.03. The van der Waals surface area contributed by atoms with Gasteiger partial charge in [-0.15, -0.1) is 21.5 Å². The molecule has 0 bridgehead atoms. The van der Waals surface area contributed by atoms with Gasteiger partial charge in [-0.2, -0.15) is 0 Å². The van der Waals surface area contributed by atoms with Crippen molar-refractivity contribution < 1.29 is 14.0 Å². The molecule has 1 aliphatic heterocycles. The first-order chi connectivity index (χ1) is 21.3. The Hall–Kier alpha value is -4.68. The van der Waals surface area contributed by atoms with Gasteiger partial charge in [0.05, 0.1) is 25.2 Å². The highest BCUT2D eigenvalue weighted by molar-refractivity contribution is 7.15. The number of hydrogen-bond donors (Lipinski definition) is 3. The van der Waals surface area contributed by atoms with Crippen molar-refractivity contribution in [2.75, 3.05) is 19.6 Å². The number of aryl methyl sites for hydroxylation is 2. The maximum atomic E-state index is 13.1. The molecule has 0 fully saturated rings. The summed E-state index contributed by atoms with van der Waals surface area (Å²) < 4.78 is 7.42. The first-order valence-electron chi connectivity index (χ1n) is 13.9. The molecule has 12 heteroatoms. The highest BCUT2D eigenvalue weighted by Crippen LogP contribution is 2.39. The Morgan fingerprint density at radius 2 is 1.80 bits per heavy atom. The highest BCUT2D eigenvalue weighted by atomic mass is 35.5. The molecule has 5 rings (SSSR count). The lowest BCUT2D eigenvalue weighted by atomic mass is 9.99. The van der Waals surface area contributed by atoms with Gasteiger partial charge in [0.1, 0.15) is 16.9 Å². The van der Waals surface area contributed by atoms with Crippen molar-refractivity contribution >= 4 is 40.5 Å². The van der Waals surface area contributed by atoms with Crippen molar-refractivity contribution in [2.45, 2.75) is 39.7 Å². The summed E-state index contributed by atoms with van der Waals surface area (Å²) in [6.45, 7) is 6.70. The smallest absolute Gasteiger partial charge is 0.287 e. The van der Waals surface area contributed by atoms with Gasteiger partial charge < -0.3 is 20.8 Å². The van der Waals surface area contributed by atoms with E-state index in [9.17, 15) is 9.59 Å².